The minimum Gasteiger partial charge on any atom is -0.490 e. The molecule has 5 heteroatoms. The van der Waals surface area contributed by atoms with Crippen molar-refractivity contribution < 1.29 is 9.15 Å². The van der Waals surface area contributed by atoms with E-state index in [1.54, 1.807) is 12.1 Å². The number of hydrogen-bond donors (Lipinski definition) is 1. The zero-order chi connectivity index (χ0) is 12.4. The van der Waals surface area contributed by atoms with Crippen LogP contribution in [0.15, 0.2) is 33.5 Å². The molecule has 17 heavy (non-hydrogen) atoms. The highest BCUT2D eigenvalue weighted by molar-refractivity contribution is 7.80. The Balaban J connectivity index is 2.73. The maximum Gasteiger partial charge on any atom is 0.346 e. The fraction of sp³-hybridized carbons (Fsp3) is 0.167. The van der Waals surface area contributed by atoms with Crippen molar-refractivity contribution in [3.8, 4) is 5.75 Å². The molecule has 1 aromatic carbocycles. The first-order valence-corrected chi connectivity index (χ1v) is 5.53. The molecule has 0 saturated heterocycles. The summed E-state index contributed by atoms with van der Waals surface area (Å²) in [5, 5.41) is 0.735. The van der Waals surface area contributed by atoms with Crippen LogP contribution in [-0.2, 0) is 0 Å². The minimum atomic E-state index is -0.544. The summed E-state index contributed by atoms with van der Waals surface area (Å²) in [7, 11) is 0. The van der Waals surface area contributed by atoms with E-state index in [4.69, 9.17) is 27.1 Å². The highest BCUT2D eigenvalue weighted by atomic mass is 32.1. The summed E-state index contributed by atoms with van der Waals surface area (Å²) in [4.78, 5) is 11.7. The zero-order valence-electron chi connectivity index (χ0n) is 9.23. The van der Waals surface area contributed by atoms with E-state index in [1.165, 1.54) is 0 Å². The highest BCUT2D eigenvalue weighted by Crippen LogP contribution is 2.24. The van der Waals surface area contributed by atoms with Crippen LogP contribution in [-0.4, -0.2) is 11.6 Å². The molecule has 0 saturated carbocycles. The summed E-state index contributed by atoms with van der Waals surface area (Å²) >= 11 is 4.78. The summed E-state index contributed by atoms with van der Waals surface area (Å²) in [6, 6.07) is 6.99. The standard InChI is InChI=1S/C12H11NO3S/c1-2-15-9-5-3-4-7-6-8(11(13)17)12(14)16-10(7)9/h3-6H,2H2,1H3,(H2,13,17). The lowest BCUT2D eigenvalue weighted by atomic mass is 10.2. The van der Waals surface area contributed by atoms with E-state index in [1.807, 2.05) is 19.1 Å². The maximum atomic E-state index is 11.6. The third-order valence-electron chi connectivity index (χ3n) is 2.29. The summed E-state index contributed by atoms with van der Waals surface area (Å²) in [5.74, 6) is 0.539. The Morgan fingerprint density at radius 3 is 2.94 bits per heavy atom. The van der Waals surface area contributed by atoms with Crippen molar-refractivity contribution in [3.63, 3.8) is 0 Å². The van der Waals surface area contributed by atoms with Crippen LogP contribution in [0, 0.1) is 0 Å². The van der Waals surface area contributed by atoms with Crippen LogP contribution in [0.2, 0.25) is 0 Å². The lowest BCUT2D eigenvalue weighted by molar-refractivity contribution is 0.337. The average molecular weight is 249 g/mol. The van der Waals surface area contributed by atoms with E-state index in [0.29, 0.717) is 17.9 Å². The van der Waals surface area contributed by atoms with Crippen LogP contribution in [0.5, 0.6) is 5.75 Å². The van der Waals surface area contributed by atoms with E-state index < -0.39 is 5.63 Å². The summed E-state index contributed by atoms with van der Waals surface area (Å²) in [6.07, 6.45) is 0. The molecule has 2 N–H and O–H groups in total. The molecular formula is C12H11NO3S. The van der Waals surface area contributed by atoms with Crippen molar-refractivity contribution >= 4 is 28.2 Å². The van der Waals surface area contributed by atoms with Crippen molar-refractivity contribution in [2.45, 2.75) is 6.92 Å². The number of para-hydroxylation sites is 1. The molecule has 0 amide bonds. The molecular weight excluding hydrogens is 238 g/mol. The molecule has 0 aliphatic heterocycles. The summed E-state index contributed by atoms with van der Waals surface area (Å²) < 4.78 is 10.6. The molecule has 0 spiro atoms. The topological polar surface area (TPSA) is 65.5 Å². The first kappa shape index (κ1) is 11.6. The Hall–Kier alpha value is -1.88. The van der Waals surface area contributed by atoms with Gasteiger partial charge in [-0.15, -0.1) is 0 Å². The highest BCUT2D eigenvalue weighted by Gasteiger charge is 2.10. The molecule has 4 nitrogen and oxygen atoms in total. The van der Waals surface area contributed by atoms with Crippen LogP contribution in [0.25, 0.3) is 11.0 Å². The normalized spacial score (nSPS) is 10.4. The number of fused-ring (bicyclic) bond motifs is 1. The second-order valence-electron chi connectivity index (χ2n) is 3.42. The number of benzene rings is 1. The van der Waals surface area contributed by atoms with Crippen molar-refractivity contribution in [1.82, 2.24) is 0 Å². The van der Waals surface area contributed by atoms with E-state index in [9.17, 15) is 4.79 Å². The number of ether oxygens (including phenoxy) is 1. The van der Waals surface area contributed by atoms with Gasteiger partial charge in [-0.2, -0.15) is 0 Å². The van der Waals surface area contributed by atoms with E-state index >= 15 is 0 Å². The Labute approximate surface area is 103 Å². The van der Waals surface area contributed by atoms with Gasteiger partial charge < -0.3 is 14.9 Å². The van der Waals surface area contributed by atoms with E-state index in [2.05, 4.69) is 0 Å². The van der Waals surface area contributed by atoms with Gasteiger partial charge in [-0.25, -0.2) is 4.79 Å². The van der Waals surface area contributed by atoms with Crippen molar-refractivity contribution in [3.05, 3.63) is 40.2 Å². The molecule has 0 unspecified atom stereocenters. The molecule has 2 rings (SSSR count). The molecule has 0 aliphatic rings. The molecule has 88 valence electrons. The number of thiocarbonyl (C=S) groups is 1. The third-order valence-corrected chi connectivity index (χ3v) is 2.51. The van der Waals surface area contributed by atoms with Gasteiger partial charge in [0.1, 0.15) is 4.99 Å². The molecule has 1 aromatic heterocycles. The quantitative estimate of drug-likeness (QED) is 0.664. The van der Waals surface area contributed by atoms with Crippen LogP contribution in [0.1, 0.15) is 12.5 Å². The lowest BCUT2D eigenvalue weighted by Gasteiger charge is -2.06. The Bertz CT molecular complexity index is 633. The monoisotopic (exact) mass is 249 g/mol. The van der Waals surface area contributed by atoms with Gasteiger partial charge >= 0.3 is 5.63 Å². The molecule has 0 radical (unpaired) electrons. The Morgan fingerprint density at radius 2 is 2.29 bits per heavy atom. The number of hydrogen-bond acceptors (Lipinski definition) is 4. The fourth-order valence-electron chi connectivity index (χ4n) is 1.56. The summed E-state index contributed by atoms with van der Waals surface area (Å²) in [6.45, 7) is 2.36. The van der Waals surface area contributed by atoms with Crippen LogP contribution >= 0.6 is 12.2 Å². The predicted octanol–water partition coefficient (Wildman–Crippen LogP) is 1.83. The molecule has 0 bridgehead atoms. The van der Waals surface area contributed by atoms with Crippen molar-refractivity contribution in [2.75, 3.05) is 6.61 Å². The van der Waals surface area contributed by atoms with Crippen LogP contribution in [0.3, 0.4) is 0 Å². The largest absolute Gasteiger partial charge is 0.490 e. The predicted molar refractivity (Wildman–Crippen MR) is 69.5 cm³/mol. The van der Waals surface area contributed by atoms with Gasteiger partial charge in [-0.1, -0.05) is 24.4 Å². The lowest BCUT2D eigenvalue weighted by Crippen LogP contribution is -2.19. The third kappa shape index (κ3) is 2.14. The first-order chi connectivity index (χ1) is 8.13. The van der Waals surface area contributed by atoms with Crippen molar-refractivity contribution in [2.24, 2.45) is 5.73 Å². The smallest absolute Gasteiger partial charge is 0.346 e. The fourth-order valence-corrected chi connectivity index (χ4v) is 1.70. The molecule has 1 heterocycles. The van der Waals surface area contributed by atoms with Gasteiger partial charge in [-0.05, 0) is 19.1 Å². The maximum absolute atomic E-state index is 11.6. The van der Waals surface area contributed by atoms with E-state index in [-0.39, 0.29) is 10.6 Å². The van der Waals surface area contributed by atoms with Crippen LogP contribution in [0.4, 0.5) is 0 Å². The minimum absolute atomic E-state index is 0.0301. The van der Waals surface area contributed by atoms with Gasteiger partial charge in [0.2, 0.25) is 0 Å². The second-order valence-corrected chi connectivity index (χ2v) is 3.86. The second kappa shape index (κ2) is 4.55. The van der Waals surface area contributed by atoms with E-state index in [0.717, 1.165) is 5.39 Å². The average Bonchev–Trinajstić information content (AvgIpc) is 2.29. The molecule has 0 aliphatic carbocycles. The van der Waals surface area contributed by atoms with Gasteiger partial charge in [0.25, 0.3) is 0 Å². The zero-order valence-corrected chi connectivity index (χ0v) is 10.0. The SMILES string of the molecule is CCOc1cccc2cc(C(N)=S)c(=O)oc12. The number of rotatable bonds is 3. The molecule has 0 atom stereocenters. The Morgan fingerprint density at radius 1 is 1.53 bits per heavy atom. The molecule has 2 aromatic rings. The van der Waals surface area contributed by atoms with Gasteiger partial charge in [-0.3, -0.25) is 0 Å². The summed E-state index contributed by atoms with van der Waals surface area (Å²) in [5.41, 5.74) is 5.52. The van der Waals surface area contributed by atoms with Gasteiger partial charge in [0.15, 0.2) is 11.3 Å². The Kier molecular flexibility index (Phi) is 3.10. The van der Waals surface area contributed by atoms with Crippen molar-refractivity contribution in [1.29, 1.82) is 0 Å². The first-order valence-electron chi connectivity index (χ1n) is 5.13. The molecule has 0 fully saturated rings. The van der Waals surface area contributed by atoms with Gasteiger partial charge in [0.05, 0.1) is 12.2 Å². The number of nitrogens with two attached hydrogens (primary N) is 1. The van der Waals surface area contributed by atoms with Gasteiger partial charge in [0, 0.05) is 5.39 Å². The van der Waals surface area contributed by atoms with Crippen LogP contribution < -0.4 is 16.1 Å².